The Balaban J connectivity index is 1.76. The number of carbonyl (C=O) groups is 2. The lowest BCUT2D eigenvalue weighted by molar-refractivity contribution is -0.119. The molecule has 1 heterocycles. The minimum Gasteiger partial charge on any atom is -0.497 e. The van der Waals surface area contributed by atoms with E-state index in [1.165, 1.54) is 18.1 Å². The Morgan fingerprint density at radius 3 is 2.67 bits per heavy atom. The van der Waals surface area contributed by atoms with Crippen LogP contribution in [0.15, 0.2) is 35.7 Å². The lowest BCUT2D eigenvalue weighted by Crippen LogP contribution is -2.42. The molecule has 21 heavy (non-hydrogen) atoms. The average Bonchev–Trinajstić information content (AvgIpc) is 3.04. The number of nitrogens with zero attached hydrogens (tertiary/aromatic N) is 2. The molecule has 0 aliphatic carbocycles. The number of H-pyrrole nitrogens is 1. The first-order valence-corrected chi connectivity index (χ1v) is 6.89. The van der Waals surface area contributed by atoms with Crippen molar-refractivity contribution in [3.8, 4) is 5.75 Å². The maximum absolute atomic E-state index is 11.8. The molecule has 1 aromatic heterocycles. The average molecular weight is 307 g/mol. The van der Waals surface area contributed by atoms with E-state index in [0.29, 0.717) is 16.5 Å². The zero-order valence-electron chi connectivity index (χ0n) is 11.1. The summed E-state index contributed by atoms with van der Waals surface area (Å²) in [7, 11) is 1.54. The number of aromatic nitrogens is 3. The van der Waals surface area contributed by atoms with Gasteiger partial charge in [-0.25, -0.2) is 4.98 Å². The smallest absolute Gasteiger partial charge is 0.269 e. The van der Waals surface area contributed by atoms with Crippen LogP contribution in [-0.4, -0.2) is 39.9 Å². The maximum atomic E-state index is 11.8. The van der Waals surface area contributed by atoms with Gasteiger partial charge in [0.05, 0.1) is 12.9 Å². The summed E-state index contributed by atoms with van der Waals surface area (Å²) in [5, 5.41) is 6.81. The monoisotopic (exact) mass is 307 g/mol. The zero-order chi connectivity index (χ0) is 15.1. The van der Waals surface area contributed by atoms with Gasteiger partial charge in [-0.1, -0.05) is 11.8 Å². The van der Waals surface area contributed by atoms with E-state index in [4.69, 9.17) is 4.74 Å². The molecule has 2 aromatic rings. The minimum absolute atomic E-state index is 0.109. The fraction of sp³-hybridized carbons (Fsp3) is 0.167. The van der Waals surface area contributed by atoms with E-state index in [9.17, 15) is 9.59 Å². The number of hydrazine groups is 1. The third-order valence-corrected chi connectivity index (χ3v) is 3.28. The van der Waals surface area contributed by atoms with Gasteiger partial charge in [0, 0.05) is 5.56 Å². The third-order valence-electron chi connectivity index (χ3n) is 2.40. The highest BCUT2D eigenvalue weighted by Gasteiger charge is 2.08. The van der Waals surface area contributed by atoms with E-state index >= 15 is 0 Å². The number of ether oxygens (including phenoxy) is 1. The molecule has 3 N–H and O–H groups in total. The molecule has 0 spiro atoms. The number of hydrogen-bond donors (Lipinski definition) is 3. The number of aromatic amines is 1. The Labute approximate surface area is 124 Å². The second-order valence-corrected chi connectivity index (χ2v) is 4.77. The van der Waals surface area contributed by atoms with E-state index < -0.39 is 5.91 Å². The summed E-state index contributed by atoms with van der Waals surface area (Å²) in [4.78, 5) is 27.2. The normalized spacial score (nSPS) is 9.95. The molecule has 0 atom stereocenters. The number of rotatable bonds is 5. The molecule has 0 bridgehead atoms. The van der Waals surface area contributed by atoms with Crippen molar-refractivity contribution >= 4 is 23.6 Å². The van der Waals surface area contributed by atoms with Crippen molar-refractivity contribution in [1.29, 1.82) is 0 Å². The molecule has 0 fully saturated rings. The van der Waals surface area contributed by atoms with Crippen molar-refractivity contribution in [1.82, 2.24) is 26.0 Å². The standard InChI is InChI=1S/C12H13N5O3S/c1-20-9-4-2-8(3-5-9)11(19)16-15-10(18)6-21-12-13-7-14-17-12/h2-5,7H,6H2,1H3,(H,15,18)(H,16,19)(H,13,14,17). The van der Waals surface area contributed by atoms with Crippen molar-refractivity contribution in [2.75, 3.05) is 12.9 Å². The number of thioether (sulfide) groups is 1. The van der Waals surface area contributed by atoms with Crippen LogP contribution in [0.2, 0.25) is 0 Å². The topological polar surface area (TPSA) is 109 Å². The molecule has 0 saturated carbocycles. The molecule has 9 heteroatoms. The minimum atomic E-state index is -0.407. The fourth-order valence-corrected chi connectivity index (χ4v) is 1.95. The quantitative estimate of drug-likeness (QED) is 0.544. The zero-order valence-corrected chi connectivity index (χ0v) is 11.9. The lowest BCUT2D eigenvalue weighted by atomic mass is 10.2. The van der Waals surface area contributed by atoms with Gasteiger partial charge in [0.15, 0.2) is 5.16 Å². The summed E-state index contributed by atoms with van der Waals surface area (Å²) in [6.07, 6.45) is 1.35. The van der Waals surface area contributed by atoms with Crippen LogP contribution < -0.4 is 15.6 Å². The van der Waals surface area contributed by atoms with Gasteiger partial charge in [-0.05, 0) is 24.3 Å². The highest BCUT2D eigenvalue weighted by molar-refractivity contribution is 7.99. The van der Waals surface area contributed by atoms with Crippen LogP contribution in [0.25, 0.3) is 0 Å². The molecule has 0 aliphatic rings. The van der Waals surface area contributed by atoms with Crippen LogP contribution in [-0.2, 0) is 4.79 Å². The van der Waals surface area contributed by atoms with Crippen LogP contribution in [0.5, 0.6) is 5.75 Å². The summed E-state index contributed by atoms with van der Waals surface area (Å²) in [5.41, 5.74) is 5.06. The van der Waals surface area contributed by atoms with E-state index in [1.54, 1.807) is 31.4 Å². The number of methoxy groups -OCH3 is 1. The van der Waals surface area contributed by atoms with Gasteiger partial charge in [0.1, 0.15) is 12.1 Å². The largest absolute Gasteiger partial charge is 0.497 e. The molecule has 0 radical (unpaired) electrons. The Morgan fingerprint density at radius 1 is 1.29 bits per heavy atom. The molecule has 2 amide bonds. The van der Waals surface area contributed by atoms with E-state index in [1.807, 2.05) is 0 Å². The molecule has 1 aromatic carbocycles. The van der Waals surface area contributed by atoms with Crippen molar-refractivity contribution < 1.29 is 14.3 Å². The second kappa shape index (κ2) is 7.29. The summed E-state index contributed by atoms with van der Waals surface area (Å²) < 4.78 is 5.00. The van der Waals surface area contributed by atoms with Crippen molar-refractivity contribution in [2.45, 2.75) is 5.16 Å². The van der Waals surface area contributed by atoms with E-state index in [2.05, 4.69) is 26.0 Å². The van der Waals surface area contributed by atoms with Gasteiger partial charge in [0.25, 0.3) is 5.91 Å². The first-order chi connectivity index (χ1) is 10.2. The van der Waals surface area contributed by atoms with Gasteiger partial charge in [0.2, 0.25) is 5.91 Å². The van der Waals surface area contributed by atoms with Crippen molar-refractivity contribution in [3.63, 3.8) is 0 Å². The van der Waals surface area contributed by atoms with E-state index in [0.717, 1.165) is 0 Å². The third kappa shape index (κ3) is 4.49. The molecule has 8 nitrogen and oxygen atoms in total. The predicted molar refractivity (Wildman–Crippen MR) is 75.7 cm³/mol. The van der Waals surface area contributed by atoms with Gasteiger partial charge < -0.3 is 4.74 Å². The van der Waals surface area contributed by atoms with E-state index in [-0.39, 0.29) is 11.7 Å². The Kier molecular flexibility index (Phi) is 5.16. The Bertz CT molecular complexity index is 600. The fourth-order valence-electron chi connectivity index (χ4n) is 1.37. The second-order valence-electron chi connectivity index (χ2n) is 3.81. The summed E-state index contributed by atoms with van der Waals surface area (Å²) >= 11 is 1.18. The molecule has 0 aliphatic heterocycles. The van der Waals surface area contributed by atoms with Gasteiger partial charge in [-0.3, -0.25) is 25.5 Å². The van der Waals surface area contributed by atoms with Crippen LogP contribution in [0.1, 0.15) is 10.4 Å². The molecule has 110 valence electrons. The highest BCUT2D eigenvalue weighted by atomic mass is 32.2. The molecule has 0 saturated heterocycles. The van der Waals surface area contributed by atoms with Crippen LogP contribution >= 0.6 is 11.8 Å². The Morgan fingerprint density at radius 2 is 2.05 bits per heavy atom. The summed E-state index contributed by atoms with van der Waals surface area (Å²) in [6, 6.07) is 6.53. The van der Waals surface area contributed by atoms with Crippen molar-refractivity contribution in [3.05, 3.63) is 36.2 Å². The number of carbonyl (C=O) groups excluding carboxylic acids is 2. The predicted octanol–water partition coefficient (Wildman–Crippen LogP) is 0.367. The lowest BCUT2D eigenvalue weighted by Gasteiger charge is -2.07. The SMILES string of the molecule is COc1ccc(C(=O)NNC(=O)CSc2ncn[nH]2)cc1. The summed E-state index contributed by atoms with van der Waals surface area (Å²) in [6.45, 7) is 0. The van der Waals surface area contributed by atoms with Gasteiger partial charge in [-0.2, -0.15) is 5.10 Å². The first kappa shape index (κ1) is 14.9. The first-order valence-electron chi connectivity index (χ1n) is 5.90. The van der Waals surface area contributed by atoms with Crippen LogP contribution in [0, 0.1) is 0 Å². The highest BCUT2D eigenvalue weighted by Crippen LogP contribution is 2.11. The van der Waals surface area contributed by atoms with Gasteiger partial charge in [-0.15, -0.1) is 0 Å². The van der Waals surface area contributed by atoms with Crippen LogP contribution in [0.4, 0.5) is 0 Å². The van der Waals surface area contributed by atoms with Crippen LogP contribution in [0.3, 0.4) is 0 Å². The summed E-state index contributed by atoms with van der Waals surface area (Å²) in [5.74, 6) is 0.00548. The Hall–Kier alpha value is -2.55. The number of nitrogens with one attached hydrogen (secondary N) is 3. The number of amides is 2. The number of benzene rings is 1. The van der Waals surface area contributed by atoms with Crippen molar-refractivity contribution in [2.24, 2.45) is 0 Å². The molecular weight excluding hydrogens is 294 g/mol. The molecule has 0 unspecified atom stereocenters. The maximum Gasteiger partial charge on any atom is 0.269 e. The number of hydrogen-bond acceptors (Lipinski definition) is 6. The molecule has 2 rings (SSSR count). The van der Waals surface area contributed by atoms with Gasteiger partial charge >= 0.3 is 0 Å². The molecular formula is C12H13N5O3S.